The van der Waals surface area contributed by atoms with Gasteiger partial charge in [-0.1, -0.05) is 24.3 Å². The summed E-state index contributed by atoms with van der Waals surface area (Å²) in [6.45, 7) is 5.44. The Balaban J connectivity index is 1.42. The van der Waals surface area contributed by atoms with Gasteiger partial charge in [-0.05, 0) is 56.0 Å². The standard InChI is InChI=1S/C25H29N3O4/c1-16-9-10-17(2)22(12-16)28-15-18(13-23(28)29)24(30)27-21-8-4-3-7-20(21)25(31)26-14-19-6-5-11-32-19/h3-4,7-10,12,18-19H,5-6,11,13-15H2,1-2H3,(H,26,31)(H,27,30). The van der Waals surface area contributed by atoms with Gasteiger partial charge < -0.3 is 20.3 Å². The number of hydrogen-bond donors (Lipinski definition) is 2. The van der Waals surface area contributed by atoms with Crippen molar-refractivity contribution in [3.05, 3.63) is 59.2 Å². The zero-order chi connectivity index (χ0) is 22.7. The Morgan fingerprint density at radius 1 is 1.16 bits per heavy atom. The van der Waals surface area contributed by atoms with Crippen LogP contribution in [0.2, 0.25) is 0 Å². The van der Waals surface area contributed by atoms with Crippen molar-refractivity contribution in [2.75, 3.05) is 29.9 Å². The summed E-state index contributed by atoms with van der Waals surface area (Å²) in [4.78, 5) is 40.0. The maximum Gasteiger partial charge on any atom is 0.253 e. The molecule has 2 N–H and O–H groups in total. The lowest BCUT2D eigenvalue weighted by atomic mass is 10.1. The fourth-order valence-corrected chi connectivity index (χ4v) is 4.26. The predicted octanol–water partition coefficient (Wildman–Crippen LogP) is 3.20. The van der Waals surface area contributed by atoms with E-state index in [4.69, 9.17) is 4.74 Å². The minimum atomic E-state index is -0.481. The summed E-state index contributed by atoms with van der Waals surface area (Å²) in [5, 5.41) is 5.76. The summed E-state index contributed by atoms with van der Waals surface area (Å²) in [5.74, 6) is -1.06. The Labute approximate surface area is 188 Å². The average Bonchev–Trinajstić information content (AvgIpc) is 3.44. The van der Waals surface area contributed by atoms with Crippen LogP contribution in [0.4, 0.5) is 11.4 Å². The molecule has 2 atom stereocenters. The number of anilines is 2. The van der Waals surface area contributed by atoms with Gasteiger partial charge >= 0.3 is 0 Å². The molecule has 2 unspecified atom stereocenters. The predicted molar refractivity (Wildman–Crippen MR) is 123 cm³/mol. The highest BCUT2D eigenvalue weighted by Crippen LogP contribution is 2.29. The van der Waals surface area contributed by atoms with Crippen molar-refractivity contribution in [1.82, 2.24) is 5.32 Å². The van der Waals surface area contributed by atoms with Gasteiger partial charge in [0.2, 0.25) is 11.8 Å². The number of para-hydroxylation sites is 1. The van der Waals surface area contributed by atoms with Crippen LogP contribution in [0.15, 0.2) is 42.5 Å². The highest BCUT2D eigenvalue weighted by atomic mass is 16.5. The van der Waals surface area contributed by atoms with E-state index in [-0.39, 0.29) is 30.2 Å². The number of carbonyl (C=O) groups excluding carboxylic acids is 3. The van der Waals surface area contributed by atoms with Crippen molar-refractivity contribution < 1.29 is 19.1 Å². The molecule has 2 heterocycles. The minimum absolute atomic E-state index is 0.0428. The Morgan fingerprint density at radius 2 is 1.97 bits per heavy atom. The van der Waals surface area contributed by atoms with Crippen LogP contribution in [0.5, 0.6) is 0 Å². The Bertz CT molecular complexity index is 1030. The second kappa shape index (κ2) is 9.53. The topological polar surface area (TPSA) is 87.7 Å². The first-order valence-electron chi connectivity index (χ1n) is 11.1. The lowest BCUT2D eigenvalue weighted by molar-refractivity contribution is -0.122. The van der Waals surface area contributed by atoms with Crippen molar-refractivity contribution in [1.29, 1.82) is 0 Å². The van der Waals surface area contributed by atoms with Crippen LogP contribution >= 0.6 is 0 Å². The van der Waals surface area contributed by atoms with Gasteiger partial charge in [-0.3, -0.25) is 14.4 Å². The van der Waals surface area contributed by atoms with Crippen LogP contribution in [0.1, 0.15) is 40.7 Å². The molecule has 7 heteroatoms. The number of rotatable bonds is 6. The summed E-state index contributed by atoms with van der Waals surface area (Å²) < 4.78 is 5.55. The molecule has 0 saturated carbocycles. The number of nitrogens with zero attached hydrogens (tertiary/aromatic N) is 1. The van der Waals surface area contributed by atoms with Crippen LogP contribution < -0.4 is 15.5 Å². The number of carbonyl (C=O) groups is 3. The van der Waals surface area contributed by atoms with Crippen LogP contribution in [-0.4, -0.2) is 43.5 Å². The van der Waals surface area contributed by atoms with E-state index in [9.17, 15) is 14.4 Å². The quantitative estimate of drug-likeness (QED) is 0.729. The molecule has 2 aromatic rings. The maximum atomic E-state index is 13.0. The van der Waals surface area contributed by atoms with E-state index in [1.165, 1.54) is 0 Å². The van der Waals surface area contributed by atoms with E-state index >= 15 is 0 Å². The molecule has 2 saturated heterocycles. The van der Waals surface area contributed by atoms with E-state index in [1.807, 2.05) is 32.0 Å². The normalized spacial score (nSPS) is 20.4. The molecule has 2 aliphatic heterocycles. The molecule has 4 rings (SSSR count). The van der Waals surface area contributed by atoms with Gasteiger partial charge in [-0.15, -0.1) is 0 Å². The van der Waals surface area contributed by atoms with E-state index in [0.29, 0.717) is 24.3 Å². The summed E-state index contributed by atoms with van der Waals surface area (Å²) in [7, 11) is 0. The first-order chi connectivity index (χ1) is 15.4. The Morgan fingerprint density at radius 3 is 2.75 bits per heavy atom. The highest BCUT2D eigenvalue weighted by molar-refractivity contribution is 6.07. The summed E-state index contributed by atoms with van der Waals surface area (Å²) >= 11 is 0. The molecule has 32 heavy (non-hydrogen) atoms. The summed E-state index contributed by atoms with van der Waals surface area (Å²) in [6.07, 6.45) is 2.13. The third-order valence-electron chi connectivity index (χ3n) is 6.10. The smallest absolute Gasteiger partial charge is 0.253 e. The monoisotopic (exact) mass is 435 g/mol. The number of ether oxygens (including phenoxy) is 1. The van der Waals surface area contributed by atoms with E-state index in [1.54, 1.807) is 29.2 Å². The van der Waals surface area contributed by atoms with E-state index < -0.39 is 5.92 Å². The van der Waals surface area contributed by atoms with Crippen LogP contribution in [-0.2, 0) is 14.3 Å². The van der Waals surface area contributed by atoms with Crippen LogP contribution in [0.3, 0.4) is 0 Å². The minimum Gasteiger partial charge on any atom is -0.376 e. The molecule has 0 spiro atoms. The molecule has 0 aliphatic carbocycles. The average molecular weight is 436 g/mol. The fraction of sp³-hybridized carbons (Fsp3) is 0.400. The zero-order valence-corrected chi connectivity index (χ0v) is 18.5. The van der Waals surface area contributed by atoms with Crippen molar-refractivity contribution in [2.24, 2.45) is 5.92 Å². The molecular formula is C25H29N3O4. The first-order valence-corrected chi connectivity index (χ1v) is 11.1. The number of nitrogens with one attached hydrogen (secondary N) is 2. The molecule has 2 fully saturated rings. The molecule has 0 aromatic heterocycles. The van der Waals surface area contributed by atoms with Gasteiger partial charge in [0, 0.05) is 31.8 Å². The van der Waals surface area contributed by atoms with Gasteiger partial charge in [0.25, 0.3) is 5.91 Å². The van der Waals surface area contributed by atoms with Gasteiger partial charge in [0.15, 0.2) is 0 Å². The Kier molecular flexibility index (Phi) is 6.55. The number of benzene rings is 2. The van der Waals surface area contributed by atoms with Crippen molar-refractivity contribution in [2.45, 2.75) is 39.2 Å². The van der Waals surface area contributed by atoms with Crippen LogP contribution in [0.25, 0.3) is 0 Å². The lowest BCUT2D eigenvalue weighted by Gasteiger charge is -2.20. The molecule has 168 valence electrons. The second-order valence-corrected chi connectivity index (χ2v) is 8.58. The molecule has 7 nitrogen and oxygen atoms in total. The van der Waals surface area contributed by atoms with Gasteiger partial charge in [-0.25, -0.2) is 0 Å². The molecule has 3 amide bonds. The van der Waals surface area contributed by atoms with Crippen LogP contribution in [0, 0.1) is 19.8 Å². The highest BCUT2D eigenvalue weighted by Gasteiger charge is 2.36. The maximum absolute atomic E-state index is 13.0. The molecule has 0 radical (unpaired) electrons. The van der Waals surface area contributed by atoms with Crippen molar-refractivity contribution in [3.63, 3.8) is 0 Å². The second-order valence-electron chi connectivity index (χ2n) is 8.58. The largest absolute Gasteiger partial charge is 0.376 e. The van der Waals surface area contributed by atoms with Gasteiger partial charge in [0.1, 0.15) is 0 Å². The molecule has 0 bridgehead atoms. The SMILES string of the molecule is Cc1ccc(C)c(N2CC(C(=O)Nc3ccccc3C(=O)NCC3CCCO3)CC2=O)c1. The molecule has 2 aliphatic rings. The number of amides is 3. The Hall–Kier alpha value is -3.19. The summed E-state index contributed by atoms with van der Waals surface area (Å²) in [6, 6.07) is 12.9. The molecule has 2 aromatic carbocycles. The van der Waals surface area contributed by atoms with Gasteiger partial charge in [0.05, 0.1) is 23.3 Å². The lowest BCUT2D eigenvalue weighted by Crippen LogP contribution is -2.33. The van der Waals surface area contributed by atoms with Gasteiger partial charge in [-0.2, -0.15) is 0 Å². The van der Waals surface area contributed by atoms with Crippen molar-refractivity contribution >= 4 is 29.1 Å². The summed E-state index contributed by atoms with van der Waals surface area (Å²) in [5.41, 5.74) is 3.75. The first kappa shape index (κ1) is 22.0. The number of aryl methyl sites for hydroxylation is 2. The third kappa shape index (κ3) is 4.83. The fourth-order valence-electron chi connectivity index (χ4n) is 4.26. The number of hydrogen-bond acceptors (Lipinski definition) is 4. The molecular weight excluding hydrogens is 406 g/mol. The van der Waals surface area contributed by atoms with Crippen molar-refractivity contribution in [3.8, 4) is 0 Å². The van der Waals surface area contributed by atoms with E-state index in [0.717, 1.165) is 36.3 Å². The van der Waals surface area contributed by atoms with E-state index in [2.05, 4.69) is 10.6 Å². The third-order valence-corrected chi connectivity index (χ3v) is 6.10. The zero-order valence-electron chi connectivity index (χ0n) is 18.5.